The van der Waals surface area contributed by atoms with E-state index in [-0.39, 0.29) is 6.01 Å². The maximum atomic E-state index is 12.6. The third-order valence-electron chi connectivity index (χ3n) is 2.72. The van der Waals surface area contributed by atoms with Crippen molar-refractivity contribution < 1.29 is 8.63 Å². The minimum Gasteiger partial charge on any atom is -0.422 e. The summed E-state index contributed by atoms with van der Waals surface area (Å²) in [6.45, 7) is 0. The summed E-state index contributed by atoms with van der Waals surface area (Å²) in [4.78, 5) is 4.88. The number of benzene rings is 2. The Bertz CT molecular complexity index is 798. The van der Waals surface area contributed by atoms with Crippen LogP contribution < -0.4 is 0 Å². The number of fused-ring (bicyclic) bond motifs is 1. The average molecular weight is 272 g/mol. The van der Waals surface area contributed by atoms with Crippen molar-refractivity contribution in [3.63, 3.8) is 0 Å². The number of oxazole rings is 1. The molecule has 2 aromatic carbocycles. The maximum absolute atomic E-state index is 12.6. The van der Waals surface area contributed by atoms with Crippen LogP contribution in [0.25, 0.3) is 11.1 Å². The first-order chi connectivity index (χ1) is 9.15. The zero-order valence-electron chi connectivity index (χ0n) is 10.3. The largest absolute Gasteiger partial charge is 0.422 e. The minimum atomic E-state index is -2.54. The Morgan fingerprint density at radius 3 is 2.47 bits per heavy atom. The highest BCUT2D eigenvalue weighted by Gasteiger charge is 2.09. The van der Waals surface area contributed by atoms with Gasteiger partial charge in [-0.3, -0.25) is 0 Å². The second-order valence-electron chi connectivity index (χ2n) is 4.17. The molecule has 0 aliphatic rings. The lowest BCUT2D eigenvalue weighted by molar-refractivity contribution is 0.612. The lowest BCUT2D eigenvalue weighted by Gasteiger charge is -2.01. The fraction of sp³-hybridized carbons (Fsp3) is 0.0714. The zero-order chi connectivity index (χ0) is 13.3. The van der Waals surface area contributed by atoms with Gasteiger partial charge in [0.25, 0.3) is 0 Å². The van der Waals surface area contributed by atoms with E-state index in [0.717, 1.165) is 0 Å². The van der Waals surface area contributed by atoms with Gasteiger partial charge in [0.1, 0.15) is 5.52 Å². The van der Waals surface area contributed by atoms with Gasteiger partial charge in [0.05, 0.1) is 9.73 Å². The fourth-order valence-corrected chi connectivity index (χ4v) is 2.92. The van der Waals surface area contributed by atoms with Crippen molar-refractivity contribution in [2.45, 2.75) is 4.90 Å². The lowest BCUT2D eigenvalue weighted by Crippen LogP contribution is -1.96. The van der Waals surface area contributed by atoms with Crippen LogP contribution in [0.1, 0.15) is 0 Å². The molecule has 0 amide bonds. The number of para-hydroxylation sites is 2. The molecule has 1 atom stereocenters. The first-order valence-electron chi connectivity index (χ1n) is 5.78. The maximum Gasteiger partial charge on any atom is 0.331 e. The summed E-state index contributed by atoms with van der Waals surface area (Å²) in [5, 5.41) is 0. The Kier molecular flexibility index (Phi) is 2.83. The first kappa shape index (κ1) is 11.9. The van der Waals surface area contributed by atoms with Crippen LogP contribution in [0.3, 0.4) is 0 Å². The van der Waals surface area contributed by atoms with Crippen molar-refractivity contribution in [1.29, 1.82) is 0 Å². The number of aromatic nitrogens is 1. The number of hydrogen-bond acceptors (Lipinski definition) is 4. The molecule has 0 N–H and O–H groups in total. The predicted octanol–water partition coefficient (Wildman–Crippen LogP) is 3.62. The molecule has 0 spiro atoms. The monoisotopic (exact) mass is 272 g/mol. The van der Waals surface area contributed by atoms with Gasteiger partial charge in [0.15, 0.2) is 5.58 Å². The molecule has 1 heterocycles. The number of nitrogens with zero attached hydrogens (tertiary/aromatic N) is 2. The van der Waals surface area contributed by atoms with Crippen molar-refractivity contribution in [1.82, 2.24) is 4.98 Å². The summed E-state index contributed by atoms with van der Waals surface area (Å²) < 4.78 is 22.2. The minimum absolute atomic E-state index is 0.151. The van der Waals surface area contributed by atoms with E-state index in [0.29, 0.717) is 16.0 Å². The molecule has 0 saturated carbocycles. The van der Waals surface area contributed by atoms with Crippen molar-refractivity contribution in [2.24, 2.45) is 4.36 Å². The number of hydrogen-bond donors (Lipinski definition) is 0. The summed E-state index contributed by atoms with van der Waals surface area (Å²) in [5.41, 5.74) is 1.36. The van der Waals surface area contributed by atoms with E-state index in [4.69, 9.17) is 4.42 Å². The van der Waals surface area contributed by atoms with Crippen LogP contribution in [0, 0.1) is 0 Å². The highest BCUT2D eigenvalue weighted by Crippen LogP contribution is 2.23. The smallest absolute Gasteiger partial charge is 0.331 e. The molecule has 96 valence electrons. The van der Waals surface area contributed by atoms with Crippen LogP contribution >= 0.6 is 0 Å². The number of rotatable bonds is 2. The van der Waals surface area contributed by atoms with E-state index in [9.17, 15) is 4.21 Å². The molecular formula is C14H12N2O2S. The Balaban J connectivity index is 2.12. The molecular weight excluding hydrogens is 260 g/mol. The third kappa shape index (κ3) is 2.37. The molecule has 0 fully saturated rings. The van der Waals surface area contributed by atoms with Gasteiger partial charge in [-0.1, -0.05) is 30.3 Å². The van der Waals surface area contributed by atoms with E-state index in [1.54, 1.807) is 24.5 Å². The standard InChI is InChI=1S/C14H12N2O2S/c1-19(17,11-7-3-2-4-8-11)16-14-15-12-9-5-6-10-13(12)18-14/h2-10H,1H3/t19-/m0/s1. The Morgan fingerprint density at radius 1 is 1.05 bits per heavy atom. The van der Waals surface area contributed by atoms with Crippen LogP contribution in [-0.2, 0) is 9.73 Å². The molecule has 3 rings (SSSR count). The Labute approximate surface area is 111 Å². The normalized spacial score (nSPS) is 14.2. The van der Waals surface area contributed by atoms with Gasteiger partial charge >= 0.3 is 6.01 Å². The summed E-state index contributed by atoms with van der Waals surface area (Å²) in [6.07, 6.45) is 1.58. The van der Waals surface area contributed by atoms with Gasteiger partial charge in [0.2, 0.25) is 0 Å². The lowest BCUT2D eigenvalue weighted by atomic mass is 10.3. The Morgan fingerprint density at radius 2 is 1.74 bits per heavy atom. The molecule has 0 unspecified atom stereocenters. The molecule has 0 saturated heterocycles. The van der Waals surface area contributed by atoms with Gasteiger partial charge in [-0.2, -0.15) is 4.98 Å². The van der Waals surface area contributed by atoms with E-state index in [2.05, 4.69) is 9.35 Å². The van der Waals surface area contributed by atoms with Gasteiger partial charge in [-0.15, -0.1) is 4.36 Å². The highest BCUT2D eigenvalue weighted by atomic mass is 32.2. The van der Waals surface area contributed by atoms with E-state index in [1.807, 2.05) is 36.4 Å². The van der Waals surface area contributed by atoms with Gasteiger partial charge < -0.3 is 4.42 Å². The molecule has 1 aromatic heterocycles. The molecule has 0 aliphatic heterocycles. The molecule has 4 nitrogen and oxygen atoms in total. The van der Waals surface area contributed by atoms with Crippen LogP contribution in [0.15, 0.2) is 68.3 Å². The fourth-order valence-electron chi connectivity index (χ4n) is 1.77. The summed E-state index contributed by atoms with van der Waals surface area (Å²) in [6, 6.07) is 16.6. The SMILES string of the molecule is C[S@@](=O)(=Nc1nc2ccccc2o1)c1ccccc1. The topological polar surface area (TPSA) is 55.5 Å². The molecule has 0 aliphatic carbocycles. The van der Waals surface area contributed by atoms with Crippen LogP contribution in [0.4, 0.5) is 6.01 Å². The van der Waals surface area contributed by atoms with Gasteiger partial charge in [0, 0.05) is 11.2 Å². The van der Waals surface area contributed by atoms with Crippen molar-refractivity contribution >= 4 is 26.8 Å². The molecule has 0 radical (unpaired) electrons. The second kappa shape index (κ2) is 4.51. The van der Waals surface area contributed by atoms with Crippen LogP contribution in [-0.4, -0.2) is 15.4 Å². The highest BCUT2D eigenvalue weighted by molar-refractivity contribution is 7.93. The molecule has 3 aromatic rings. The average Bonchev–Trinajstić information content (AvgIpc) is 2.81. The Hall–Kier alpha value is -2.14. The second-order valence-corrected chi connectivity index (χ2v) is 6.43. The van der Waals surface area contributed by atoms with E-state index < -0.39 is 9.73 Å². The molecule has 19 heavy (non-hydrogen) atoms. The zero-order valence-corrected chi connectivity index (χ0v) is 11.1. The summed E-state index contributed by atoms with van der Waals surface area (Å²) >= 11 is 0. The third-order valence-corrected chi connectivity index (χ3v) is 4.37. The van der Waals surface area contributed by atoms with Crippen molar-refractivity contribution in [2.75, 3.05) is 6.26 Å². The van der Waals surface area contributed by atoms with Crippen LogP contribution in [0.2, 0.25) is 0 Å². The van der Waals surface area contributed by atoms with Gasteiger partial charge in [-0.25, -0.2) is 4.21 Å². The van der Waals surface area contributed by atoms with Crippen molar-refractivity contribution in [3.05, 3.63) is 54.6 Å². The summed E-state index contributed by atoms with van der Waals surface area (Å²) in [7, 11) is -2.54. The summed E-state index contributed by atoms with van der Waals surface area (Å²) in [5.74, 6) is 0. The van der Waals surface area contributed by atoms with E-state index in [1.165, 1.54) is 0 Å². The molecule has 0 bridgehead atoms. The predicted molar refractivity (Wildman–Crippen MR) is 74.9 cm³/mol. The van der Waals surface area contributed by atoms with Crippen molar-refractivity contribution in [3.8, 4) is 0 Å². The van der Waals surface area contributed by atoms with Crippen LogP contribution in [0.5, 0.6) is 0 Å². The first-order valence-corrected chi connectivity index (χ1v) is 7.70. The quantitative estimate of drug-likeness (QED) is 0.716. The van der Waals surface area contributed by atoms with E-state index >= 15 is 0 Å². The van der Waals surface area contributed by atoms with Gasteiger partial charge in [-0.05, 0) is 24.3 Å². The molecule has 5 heteroatoms.